The molecule has 2 fully saturated rings. The van der Waals surface area contributed by atoms with Gasteiger partial charge in [-0.2, -0.15) is 0 Å². The van der Waals surface area contributed by atoms with Gasteiger partial charge in [0.1, 0.15) is 0 Å². The van der Waals surface area contributed by atoms with Gasteiger partial charge in [-0.25, -0.2) is 0 Å². The molecule has 1 aliphatic carbocycles. The third-order valence-corrected chi connectivity index (χ3v) is 5.78. The molecular weight excluding hydrogens is 342 g/mol. The second kappa shape index (κ2) is 9.31. The highest BCUT2D eigenvalue weighted by atomic mass is 16.5. The molecule has 2 aliphatic rings. The summed E-state index contributed by atoms with van der Waals surface area (Å²) in [6.45, 7) is 4.09. The molecule has 1 aliphatic heterocycles. The average Bonchev–Trinajstić information content (AvgIpc) is 3.38. The molecule has 3 rings (SSSR count). The summed E-state index contributed by atoms with van der Waals surface area (Å²) in [4.78, 5) is 16.9. The van der Waals surface area contributed by atoms with Crippen LogP contribution in [0.1, 0.15) is 44.9 Å². The summed E-state index contributed by atoms with van der Waals surface area (Å²) < 4.78 is 11.4. The van der Waals surface area contributed by atoms with Crippen molar-refractivity contribution in [2.75, 3.05) is 51.0 Å². The predicted molar refractivity (Wildman–Crippen MR) is 109 cm³/mol. The highest BCUT2D eigenvalue weighted by molar-refractivity contribution is 5.98. The number of rotatable bonds is 8. The molecular formula is C21H33N3O3. The quantitative estimate of drug-likeness (QED) is 0.558. The Morgan fingerprint density at radius 3 is 2.56 bits per heavy atom. The van der Waals surface area contributed by atoms with Gasteiger partial charge >= 0.3 is 0 Å². The number of hydrogen-bond donors (Lipinski definition) is 1. The van der Waals surface area contributed by atoms with Crippen molar-refractivity contribution in [3.05, 3.63) is 12.1 Å². The first kappa shape index (κ1) is 19.8. The lowest BCUT2D eigenvalue weighted by atomic mass is 10.1. The number of nitrogen functional groups attached to an aromatic ring is 1. The van der Waals surface area contributed by atoms with Crippen LogP contribution in [0.15, 0.2) is 12.1 Å². The van der Waals surface area contributed by atoms with Gasteiger partial charge in [-0.05, 0) is 45.2 Å². The van der Waals surface area contributed by atoms with Crippen LogP contribution < -0.4 is 20.1 Å². The summed E-state index contributed by atoms with van der Waals surface area (Å²) in [5, 5.41) is 0. The van der Waals surface area contributed by atoms with Crippen LogP contribution in [-0.2, 0) is 4.79 Å². The van der Waals surface area contributed by atoms with Gasteiger partial charge in [0.05, 0.1) is 25.1 Å². The number of amides is 1. The maximum absolute atomic E-state index is 12.7. The number of benzene rings is 1. The van der Waals surface area contributed by atoms with Crippen LogP contribution >= 0.6 is 0 Å². The van der Waals surface area contributed by atoms with E-state index < -0.39 is 0 Å². The molecule has 1 saturated heterocycles. The Morgan fingerprint density at radius 1 is 1.19 bits per heavy atom. The van der Waals surface area contributed by atoms with Gasteiger partial charge in [-0.3, -0.25) is 4.79 Å². The van der Waals surface area contributed by atoms with E-state index >= 15 is 0 Å². The van der Waals surface area contributed by atoms with E-state index in [4.69, 9.17) is 15.2 Å². The number of hydrogen-bond acceptors (Lipinski definition) is 5. The maximum Gasteiger partial charge on any atom is 0.229 e. The SMILES string of the molecule is COc1cc(N(C)C(=O)C2CCCC2)c(N)cc1OCCCN1CCCC1. The molecule has 1 aromatic carbocycles. The van der Waals surface area contributed by atoms with E-state index in [1.54, 1.807) is 25.1 Å². The van der Waals surface area contributed by atoms with Gasteiger partial charge in [0.2, 0.25) is 5.91 Å². The van der Waals surface area contributed by atoms with Crippen molar-refractivity contribution < 1.29 is 14.3 Å². The van der Waals surface area contributed by atoms with Crippen LogP contribution in [0, 0.1) is 5.92 Å². The zero-order valence-corrected chi connectivity index (χ0v) is 16.7. The molecule has 0 aromatic heterocycles. The number of nitrogens with zero attached hydrogens (tertiary/aromatic N) is 2. The Bertz CT molecular complexity index is 638. The van der Waals surface area contributed by atoms with Crippen LogP contribution in [0.4, 0.5) is 11.4 Å². The fourth-order valence-electron chi connectivity index (χ4n) is 4.17. The van der Waals surface area contributed by atoms with Gasteiger partial charge in [-0.15, -0.1) is 0 Å². The largest absolute Gasteiger partial charge is 0.493 e. The molecule has 1 heterocycles. The average molecular weight is 376 g/mol. The van der Waals surface area contributed by atoms with Crippen LogP contribution in [0.25, 0.3) is 0 Å². The molecule has 0 spiro atoms. The molecule has 27 heavy (non-hydrogen) atoms. The van der Waals surface area contributed by atoms with Crippen molar-refractivity contribution in [3.63, 3.8) is 0 Å². The first-order valence-electron chi connectivity index (χ1n) is 10.2. The van der Waals surface area contributed by atoms with Crippen molar-refractivity contribution in [1.29, 1.82) is 0 Å². The minimum absolute atomic E-state index is 0.113. The van der Waals surface area contributed by atoms with Crippen LogP contribution in [0.3, 0.4) is 0 Å². The summed E-state index contributed by atoms with van der Waals surface area (Å²) in [6.07, 6.45) is 7.79. The first-order chi connectivity index (χ1) is 13.1. The third-order valence-electron chi connectivity index (χ3n) is 5.78. The molecule has 0 bridgehead atoms. The summed E-state index contributed by atoms with van der Waals surface area (Å²) >= 11 is 0. The second-order valence-electron chi connectivity index (χ2n) is 7.69. The number of carbonyl (C=O) groups is 1. The number of nitrogens with two attached hydrogens (primary N) is 1. The van der Waals surface area contributed by atoms with Crippen LogP contribution in [-0.4, -0.2) is 51.2 Å². The lowest BCUT2D eigenvalue weighted by Gasteiger charge is -2.24. The molecule has 1 amide bonds. The Labute approximate surface area is 162 Å². The summed E-state index contributed by atoms with van der Waals surface area (Å²) in [5.41, 5.74) is 7.48. The normalized spacial score (nSPS) is 18.0. The number of likely N-dealkylation sites (tertiary alicyclic amines) is 1. The molecule has 2 N–H and O–H groups in total. The van der Waals surface area contributed by atoms with Crippen molar-refractivity contribution in [1.82, 2.24) is 4.90 Å². The van der Waals surface area contributed by atoms with Crippen molar-refractivity contribution in [2.24, 2.45) is 5.92 Å². The Hall–Kier alpha value is -1.95. The minimum Gasteiger partial charge on any atom is -0.493 e. The molecule has 1 aromatic rings. The van der Waals surface area contributed by atoms with E-state index in [2.05, 4.69) is 4.90 Å². The molecule has 6 nitrogen and oxygen atoms in total. The van der Waals surface area contributed by atoms with E-state index in [9.17, 15) is 4.79 Å². The first-order valence-corrected chi connectivity index (χ1v) is 10.2. The topological polar surface area (TPSA) is 68.0 Å². The highest BCUT2D eigenvalue weighted by Crippen LogP contribution is 2.38. The predicted octanol–water partition coefficient (Wildman–Crippen LogP) is 3.30. The van der Waals surface area contributed by atoms with E-state index in [1.807, 2.05) is 6.07 Å². The van der Waals surface area contributed by atoms with Crippen molar-refractivity contribution in [3.8, 4) is 11.5 Å². The molecule has 6 heteroatoms. The number of methoxy groups -OCH3 is 1. The Balaban J connectivity index is 1.62. The molecule has 0 unspecified atom stereocenters. The van der Waals surface area contributed by atoms with E-state index in [0.29, 0.717) is 29.5 Å². The molecule has 0 radical (unpaired) electrons. The zero-order valence-electron chi connectivity index (χ0n) is 16.7. The fourth-order valence-corrected chi connectivity index (χ4v) is 4.17. The highest BCUT2D eigenvalue weighted by Gasteiger charge is 2.27. The van der Waals surface area contributed by atoms with Crippen molar-refractivity contribution >= 4 is 17.3 Å². The summed E-state index contributed by atoms with van der Waals surface area (Å²) in [6, 6.07) is 3.60. The monoisotopic (exact) mass is 375 g/mol. The maximum atomic E-state index is 12.7. The van der Waals surface area contributed by atoms with Crippen LogP contribution in [0.2, 0.25) is 0 Å². The van der Waals surface area contributed by atoms with Gasteiger partial charge in [-0.1, -0.05) is 12.8 Å². The Morgan fingerprint density at radius 2 is 1.89 bits per heavy atom. The lowest BCUT2D eigenvalue weighted by molar-refractivity contribution is -0.121. The van der Waals surface area contributed by atoms with Gasteiger partial charge in [0.25, 0.3) is 0 Å². The minimum atomic E-state index is 0.113. The number of ether oxygens (including phenoxy) is 2. The van der Waals surface area contributed by atoms with Gasteiger partial charge in [0.15, 0.2) is 11.5 Å². The summed E-state index contributed by atoms with van der Waals surface area (Å²) in [5.74, 6) is 1.51. The zero-order chi connectivity index (χ0) is 19.2. The fraction of sp³-hybridized carbons (Fsp3) is 0.667. The Kier molecular flexibility index (Phi) is 6.83. The lowest BCUT2D eigenvalue weighted by Crippen LogP contribution is -2.32. The second-order valence-corrected chi connectivity index (χ2v) is 7.69. The molecule has 0 atom stereocenters. The smallest absolute Gasteiger partial charge is 0.229 e. The van der Waals surface area contributed by atoms with Crippen LogP contribution in [0.5, 0.6) is 11.5 Å². The number of carbonyl (C=O) groups excluding carboxylic acids is 1. The third kappa shape index (κ3) is 4.86. The standard InChI is InChI=1S/C21H33N3O3/c1-23(21(25)16-8-3-4-9-16)18-15-19(26-2)20(14-17(18)22)27-13-7-12-24-10-5-6-11-24/h14-16H,3-13,22H2,1-2H3. The van der Waals surface area contributed by atoms with Gasteiger partial charge < -0.3 is 25.0 Å². The van der Waals surface area contributed by atoms with E-state index in [1.165, 1.54) is 25.9 Å². The van der Waals surface area contributed by atoms with E-state index in [0.717, 1.165) is 38.6 Å². The molecule has 1 saturated carbocycles. The molecule has 150 valence electrons. The summed E-state index contributed by atoms with van der Waals surface area (Å²) in [7, 11) is 3.41. The number of anilines is 2. The van der Waals surface area contributed by atoms with E-state index in [-0.39, 0.29) is 11.8 Å². The van der Waals surface area contributed by atoms with Crippen molar-refractivity contribution in [2.45, 2.75) is 44.9 Å². The van der Waals surface area contributed by atoms with Gasteiger partial charge in [0, 0.05) is 31.6 Å².